The van der Waals surface area contributed by atoms with E-state index in [0.29, 0.717) is 0 Å². The molecule has 0 aliphatic carbocycles. The fourth-order valence-corrected chi connectivity index (χ4v) is 2.60. The number of fused-ring (bicyclic) bond motifs is 1. The van der Waals surface area contributed by atoms with Crippen LogP contribution >= 0.6 is 11.3 Å². The molecule has 0 bridgehead atoms. The van der Waals surface area contributed by atoms with E-state index in [0.717, 1.165) is 11.3 Å². The van der Waals surface area contributed by atoms with Crippen molar-refractivity contribution in [2.24, 2.45) is 0 Å². The molecule has 0 N–H and O–H groups in total. The van der Waals surface area contributed by atoms with Crippen LogP contribution in [0.5, 0.6) is 0 Å². The first-order chi connectivity index (χ1) is 7.68. The zero-order valence-electron chi connectivity index (χ0n) is 11.5. The molecule has 2 heterocycles. The first kappa shape index (κ1) is 12.5. The van der Waals surface area contributed by atoms with Gasteiger partial charge in [-0.3, -0.25) is 0 Å². The molecule has 0 fully saturated rings. The van der Waals surface area contributed by atoms with Crippen molar-refractivity contribution in [1.29, 1.82) is 0 Å². The third-order valence-corrected chi connectivity index (χ3v) is 4.17. The minimum atomic E-state index is 0.0119. The van der Waals surface area contributed by atoms with E-state index in [2.05, 4.69) is 57.6 Å². The second-order valence-corrected chi connectivity index (χ2v) is 7.64. The van der Waals surface area contributed by atoms with Gasteiger partial charge in [-0.1, -0.05) is 41.5 Å². The largest absolute Gasteiger partial charge is 0.239 e. The minimum absolute atomic E-state index is 0.0119. The van der Waals surface area contributed by atoms with Crippen LogP contribution < -0.4 is 0 Å². The molecule has 0 spiro atoms. The maximum Gasteiger partial charge on any atom is 0.134 e. The summed E-state index contributed by atoms with van der Waals surface area (Å²) in [6.45, 7) is 13.1. The average Bonchev–Trinajstić information content (AvgIpc) is 2.57. The van der Waals surface area contributed by atoms with Crippen LogP contribution in [-0.4, -0.2) is 9.97 Å². The van der Waals surface area contributed by atoms with E-state index in [4.69, 9.17) is 0 Å². The van der Waals surface area contributed by atoms with Gasteiger partial charge in [-0.2, -0.15) is 0 Å². The Hall–Kier alpha value is -0.960. The summed E-state index contributed by atoms with van der Waals surface area (Å²) in [5.74, 6) is 0.920. The maximum atomic E-state index is 4.68. The number of thiophene rings is 1. The molecule has 0 atom stereocenters. The second-order valence-electron chi connectivity index (χ2n) is 6.55. The molecule has 17 heavy (non-hydrogen) atoms. The van der Waals surface area contributed by atoms with Gasteiger partial charge in [0.2, 0.25) is 0 Å². The molecule has 0 radical (unpaired) electrons. The Balaban J connectivity index is 2.56. The van der Waals surface area contributed by atoms with Gasteiger partial charge in [0.05, 0.1) is 10.2 Å². The Bertz CT molecular complexity index is 529. The highest BCUT2D eigenvalue weighted by Crippen LogP contribution is 2.33. The number of rotatable bonds is 0. The highest BCUT2D eigenvalue weighted by molar-refractivity contribution is 7.19. The van der Waals surface area contributed by atoms with Gasteiger partial charge < -0.3 is 0 Å². The molecule has 0 aliphatic heterocycles. The Morgan fingerprint density at radius 3 is 2.18 bits per heavy atom. The molecular formula is C14H20N2S. The lowest BCUT2D eigenvalue weighted by molar-refractivity contribution is 0.548. The fourth-order valence-electron chi connectivity index (χ4n) is 1.57. The van der Waals surface area contributed by atoms with Crippen molar-refractivity contribution < 1.29 is 0 Å². The van der Waals surface area contributed by atoms with E-state index in [-0.39, 0.29) is 10.8 Å². The van der Waals surface area contributed by atoms with Crippen LogP contribution in [0.1, 0.15) is 52.2 Å². The third-order valence-electron chi connectivity index (χ3n) is 2.68. The van der Waals surface area contributed by atoms with E-state index >= 15 is 0 Å². The smallest absolute Gasteiger partial charge is 0.134 e. The predicted octanol–water partition coefficient (Wildman–Crippen LogP) is 4.29. The normalized spacial score (nSPS) is 13.3. The van der Waals surface area contributed by atoms with Crippen LogP contribution in [0.15, 0.2) is 12.3 Å². The number of hydrogen-bond acceptors (Lipinski definition) is 3. The second kappa shape index (κ2) is 3.77. The van der Waals surface area contributed by atoms with Crippen LogP contribution in [0.4, 0.5) is 0 Å². The van der Waals surface area contributed by atoms with Gasteiger partial charge in [-0.05, 0) is 11.5 Å². The van der Waals surface area contributed by atoms with Crippen molar-refractivity contribution >= 4 is 21.6 Å². The summed E-state index contributed by atoms with van der Waals surface area (Å²) in [6.07, 6.45) is 1.96. The summed E-state index contributed by atoms with van der Waals surface area (Å²) in [6, 6.07) is 2.21. The molecule has 2 aromatic rings. The van der Waals surface area contributed by atoms with E-state index in [1.165, 1.54) is 9.58 Å². The first-order valence-electron chi connectivity index (χ1n) is 5.95. The van der Waals surface area contributed by atoms with Gasteiger partial charge in [0.15, 0.2) is 0 Å². The van der Waals surface area contributed by atoms with E-state index < -0.39 is 0 Å². The average molecular weight is 248 g/mol. The van der Waals surface area contributed by atoms with Gasteiger partial charge in [-0.25, -0.2) is 9.97 Å². The van der Waals surface area contributed by atoms with Crippen molar-refractivity contribution in [2.45, 2.75) is 52.4 Å². The summed E-state index contributed by atoms with van der Waals surface area (Å²) in [5.41, 5.74) is 1.28. The Morgan fingerprint density at radius 2 is 1.65 bits per heavy atom. The number of aromatic nitrogens is 2. The SMILES string of the molecule is CC(C)(C)c1ncc2sc(C(C)(C)C)cc2n1. The quantitative estimate of drug-likeness (QED) is 0.695. The molecule has 2 rings (SSSR count). The van der Waals surface area contributed by atoms with Crippen molar-refractivity contribution in [3.8, 4) is 0 Å². The van der Waals surface area contributed by atoms with Crippen molar-refractivity contribution in [1.82, 2.24) is 9.97 Å². The summed E-state index contributed by atoms with van der Waals surface area (Å²) in [4.78, 5) is 10.5. The number of hydrogen-bond donors (Lipinski definition) is 0. The third kappa shape index (κ3) is 2.49. The summed E-state index contributed by atoms with van der Waals surface area (Å²) >= 11 is 1.80. The van der Waals surface area contributed by atoms with Gasteiger partial charge in [0.1, 0.15) is 5.82 Å². The van der Waals surface area contributed by atoms with Gasteiger partial charge in [0, 0.05) is 16.5 Å². The highest BCUT2D eigenvalue weighted by Gasteiger charge is 2.20. The molecule has 3 heteroatoms. The molecule has 2 nitrogen and oxygen atoms in total. The van der Waals surface area contributed by atoms with Crippen molar-refractivity contribution in [2.75, 3.05) is 0 Å². The Morgan fingerprint density at radius 1 is 1.00 bits per heavy atom. The van der Waals surface area contributed by atoms with Crippen molar-refractivity contribution in [3.05, 3.63) is 23.0 Å². The zero-order valence-corrected chi connectivity index (χ0v) is 12.3. The van der Waals surface area contributed by atoms with Gasteiger partial charge >= 0.3 is 0 Å². The lowest BCUT2D eigenvalue weighted by atomic mass is 9.94. The van der Waals surface area contributed by atoms with Crippen molar-refractivity contribution in [3.63, 3.8) is 0 Å². The molecule has 92 valence electrons. The minimum Gasteiger partial charge on any atom is -0.239 e. The van der Waals surface area contributed by atoms with E-state index in [1.54, 1.807) is 11.3 Å². The standard InChI is InChI=1S/C14H20N2S/c1-13(2,3)11-7-9-10(17-11)8-15-12(16-9)14(4,5)6/h7-8H,1-6H3. The highest BCUT2D eigenvalue weighted by atomic mass is 32.1. The molecule has 0 unspecified atom stereocenters. The van der Waals surface area contributed by atoms with Crippen LogP contribution in [0, 0.1) is 0 Å². The van der Waals surface area contributed by atoms with E-state index in [1.807, 2.05) is 6.20 Å². The summed E-state index contributed by atoms with van der Waals surface area (Å²) in [7, 11) is 0. The van der Waals surface area contributed by atoms with Gasteiger partial charge in [-0.15, -0.1) is 11.3 Å². The van der Waals surface area contributed by atoms with E-state index in [9.17, 15) is 0 Å². The van der Waals surface area contributed by atoms with Gasteiger partial charge in [0.25, 0.3) is 0 Å². The fraction of sp³-hybridized carbons (Fsp3) is 0.571. The lowest BCUT2D eigenvalue weighted by Gasteiger charge is -2.15. The topological polar surface area (TPSA) is 25.8 Å². The zero-order chi connectivity index (χ0) is 12.8. The molecular weight excluding hydrogens is 228 g/mol. The molecule has 0 aromatic carbocycles. The maximum absolute atomic E-state index is 4.68. The predicted molar refractivity (Wildman–Crippen MR) is 74.8 cm³/mol. The molecule has 0 saturated heterocycles. The molecule has 0 saturated carbocycles. The molecule has 2 aromatic heterocycles. The monoisotopic (exact) mass is 248 g/mol. The van der Waals surface area contributed by atoms with Crippen LogP contribution in [0.25, 0.3) is 10.2 Å². The Labute approximate surface area is 107 Å². The Kier molecular flexibility index (Phi) is 2.77. The summed E-state index contributed by atoms with van der Waals surface area (Å²) < 4.78 is 1.18. The summed E-state index contributed by atoms with van der Waals surface area (Å²) in [5, 5.41) is 0. The first-order valence-corrected chi connectivity index (χ1v) is 6.77. The van der Waals surface area contributed by atoms with Crippen LogP contribution in [0.2, 0.25) is 0 Å². The molecule has 0 aliphatic rings. The lowest BCUT2D eigenvalue weighted by Crippen LogP contribution is -2.15. The van der Waals surface area contributed by atoms with Crippen LogP contribution in [-0.2, 0) is 10.8 Å². The van der Waals surface area contributed by atoms with Crippen LogP contribution in [0.3, 0.4) is 0 Å². The number of nitrogens with zero attached hydrogens (tertiary/aromatic N) is 2. The molecule has 0 amide bonds.